The van der Waals surface area contributed by atoms with Gasteiger partial charge in [0.05, 0.1) is 30.2 Å². The second-order valence-corrected chi connectivity index (χ2v) is 6.72. The Morgan fingerprint density at radius 3 is 3.08 bits per heavy atom. The normalized spacial score (nSPS) is 17.5. The minimum atomic E-state index is -0.101. The van der Waals surface area contributed by atoms with Crippen LogP contribution in [0.2, 0.25) is 5.02 Å². The number of rotatable bonds is 3. The molecule has 0 spiro atoms. The largest absolute Gasteiger partial charge is 0.384 e. The van der Waals surface area contributed by atoms with Crippen molar-refractivity contribution in [2.75, 3.05) is 20.3 Å². The maximum Gasteiger partial charge on any atom is 0.274 e. The Morgan fingerprint density at radius 1 is 1.36 bits per heavy atom. The molecule has 3 aromatic rings. The van der Waals surface area contributed by atoms with Gasteiger partial charge in [-0.25, -0.2) is 9.97 Å². The number of fused-ring (bicyclic) bond motifs is 2. The van der Waals surface area contributed by atoms with E-state index in [-0.39, 0.29) is 11.8 Å². The van der Waals surface area contributed by atoms with Gasteiger partial charge in [-0.1, -0.05) is 11.6 Å². The van der Waals surface area contributed by atoms with Crippen LogP contribution in [0.15, 0.2) is 37.1 Å². The fourth-order valence-electron chi connectivity index (χ4n) is 3.28. The maximum absolute atomic E-state index is 13.0. The van der Waals surface area contributed by atoms with E-state index in [1.807, 2.05) is 4.90 Å². The van der Waals surface area contributed by atoms with Crippen LogP contribution >= 0.6 is 11.6 Å². The first-order chi connectivity index (χ1) is 12.1. The van der Waals surface area contributed by atoms with E-state index in [9.17, 15) is 4.79 Å². The number of amides is 1. The number of methoxy groups -OCH3 is 1. The van der Waals surface area contributed by atoms with Crippen molar-refractivity contribution in [3.8, 4) is 0 Å². The molecule has 7 nitrogen and oxygen atoms in total. The number of nitrogens with zero attached hydrogens (tertiary/aromatic N) is 5. The molecule has 0 saturated heterocycles. The van der Waals surface area contributed by atoms with Gasteiger partial charge in [-0.15, -0.1) is 0 Å². The first-order valence-electron chi connectivity index (χ1n) is 8.05. The van der Waals surface area contributed by atoms with Gasteiger partial charge in [0.15, 0.2) is 0 Å². The second kappa shape index (κ2) is 6.50. The summed E-state index contributed by atoms with van der Waals surface area (Å²) in [6.07, 6.45) is 7.07. The number of ether oxygens (including phenoxy) is 1. The van der Waals surface area contributed by atoms with E-state index in [0.717, 1.165) is 12.2 Å². The molecule has 4 rings (SSSR count). The number of pyridine rings is 1. The Morgan fingerprint density at radius 2 is 2.24 bits per heavy atom. The van der Waals surface area contributed by atoms with E-state index >= 15 is 0 Å². The summed E-state index contributed by atoms with van der Waals surface area (Å²) in [5.74, 6) is 0.103. The molecular weight excluding hydrogens is 342 g/mol. The quantitative estimate of drug-likeness (QED) is 0.718. The van der Waals surface area contributed by atoms with Gasteiger partial charge in [-0.05, 0) is 12.1 Å². The number of carbonyl (C=O) groups excluding carboxylic acids is 1. The molecule has 0 aliphatic carbocycles. The Balaban J connectivity index is 1.65. The highest BCUT2D eigenvalue weighted by Crippen LogP contribution is 2.19. The monoisotopic (exact) mass is 359 g/mol. The highest BCUT2D eigenvalue weighted by Gasteiger charge is 2.27. The van der Waals surface area contributed by atoms with Crippen molar-refractivity contribution >= 4 is 23.2 Å². The van der Waals surface area contributed by atoms with Crippen molar-refractivity contribution in [1.29, 1.82) is 0 Å². The van der Waals surface area contributed by atoms with Gasteiger partial charge in [0.25, 0.3) is 5.91 Å². The molecule has 130 valence electrons. The molecule has 0 bridgehead atoms. The van der Waals surface area contributed by atoms with Gasteiger partial charge < -0.3 is 18.6 Å². The number of halogens is 1. The van der Waals surface area contributed by atoms with Crippen LogP contribution < -0.4 is 0 Å². The third kappa shape index (κ3) is 3.12. The Labute approximate surface area is 149 Å². The van der Waals surface area contributed by atoms with Crippen LogP contribution in [0, 0.1) is 5.92 Å². The van der Waals surface area contributed by atoms with Crippen molar-refractivity contribution < 1.29 is 9.53 Å². The minimum absolute atomic E-state index is 0.101. The fraction of sp³-hybridized carbons (Fsp3) is 0.353. The van der Waals surface area contributed by atoms with Gasteiger partial charge in [0.1, 0.15) is 11.3 Å². The lowest BCUT2D eigenvalue weighted by Gasteiger charge is -2.23. The summed E-state index contributed by atoms with van der Waals surface area (Å²) in [4.78, 5) is 23.5. The molecule has 0 unspecified atom stereocenters. The number of hydrogen-bond acceptors (Lipinski definition) is 4. The number of hydrogen-bond donors (Lipinski definition) is 0. The van der Waals surface area contributed by atoms with Crippen LogP contribution in [0.25, 0.3) is 5.65 Å². The van der Waals surface area contributed by atoms with Gasteiger partial charge in [-0.3, -0.25) is 4.79 Å². The average molecular weight is 360 g/mol. The molecule has 3 aromatic heterocycles. The van der Waals surface area contributed by atoms with Gasteiger partial charge >= 0.3 is 0 Å². The minimum Gasteiger partial charge on any atom is -0.384 e. The molecule has 0 aromatic carbocycles. The van der Waals surface area contributed by atoms with Crippen LogP contribution in [0.4, 0.5) is 0 Å². The van der Waals surface area contributed by atoms with Crippen molar-refractivity contribution in [2.45, 2.75) is 13.1 Å². The lowest BCUT2D eigenvalue weighted by molar-refractivity contribution is 0.0662. The standard InChI is InChI=1S/C17H18ClN5O2/c1-25-10-12-5-22(8-14-4-19-11-23(14)6-12)17(24)15-9-21-7-13(18)2-3-16(21)20-15/h2-4,7,9,11-12H,5-6,8,10H2,1H3/t12-/m0/s1. The van der Waals surface area contributed by atoms with Crippen LogP contribution in [0.3, 0.4) is 0 Å². The molecule has 1 amide bonds. The summed E-state index contributed by atoms with van der Waals surface area (Å²) in [7, 11) is 1.68. The topological polar surface area (TPSA) is 64.7 Å². The molecule has 1 aliphatic heterocycles. The predicted octanol–water partition coefficient (Wildman–Crippen LogP) is 2.10. The smallest absolute Gasteiger partial charge is 0.274 e. The van der Waals surface area contributed by atoms with Crippen molar-refractivity contribution in [1.82, 2.24) is 23.8 Å². The first-order valence-corrected chi connectivity index (χ1v) is 8.43. The van der Waals surface area contributed by atoms with E-state index < -0.39 is 0 Å². The van der Waals surface area contributed by atoms with Crippen LogP contribution in [-0.2, 0) is 17.8 Å². The molecule has 0 saturated carbocycles. The Bertz CT molecular complexity index is 919. The molecule has 0 N–H and O–H groups in total. The van der Waals surface area contributed by atoms with E-state index in [0.29, 0.717) is 36.1 Å². The predicted molar refractivity (Wildman–Crippen MR) is 92.5 cm³/mol. The fourth-order valence-corrected chi connectivity index (χ4v) is 3.45. The summed E-state index contributed by atoms with van der Waals surface area (Å²) in [6.45, 7) is 2.49. The van der Waals surface area contributed by atoms with E-state index in [1.165, 1.54) is 0 Å². The van der Waals surface area contributed by atoms with E-state index in [4.69, 9.17) is 16.3 Å². The zero-order valence-electron chi connectivity index (χ0n) is 13.8. The summed E-state index contributed by atoms with van der Waals surface area (Å²) < 4.78 is 9.17. The summed E-state index contributed by atoms with van der Waals surface area (Å²) in [5, 5.41) is 0.600. The van der Waals surface area contributed by atoms with Crippen molar-refractivity contribution in [3.05, 3.63) is 53.5 Å². The molecule has 0 fully saturated rings. The average Bonchev–Trinajstić information content (AvgIpc) is 3.16. The second-order valence-electron chi connectivity index (χ2n) is 6.28. The highest BCUT2D eigenvalue weighted by molar-refractivity contribution is 6.30. The van der Waals surface area contributed by atoms with E-state index in [2.05, 4.69) is 14.5 Å². The van der Waals surface area contributed by atoms with Crippen molar-refractivity contribution in [3.63, 3.8) is 0 Å². The number of carbonyl (C=O) groups is 1. The highest BCUT2D eigenvalue weighted by atomic mass is 35.5. The zero-order valence-corrected chi connectivity index (χ0v) is 14.6. The van der Waals surface area contributed by atoms with Crippen LogP contribution in [-0.4, -0.2) is 50.0 Å². The number of imidazole rings is 2. The van der Waals surface area contributed by atoms with Gasteiger partial charge in [0.2, 0.25) is 0 Å². The first kappa shape index (κ1) is 16.1. The SMILES string of the molecule is COC[C@H]1CN(C(=O)c2cn3cc(Cl)ccc3n2)Cc2cncn2C1. The molecule has 0 radical (unpaired) electrons. The van der Waals surface area contributed by atoms with Crippen molar-refractivity contribution in [2.24, 2.45) is 5.92 Å². The third-order valence-electron chi connectivity index (χ3n) is 4.41. The third-order valence-corrected chi connectivity index (χ3v) is 4.63. The molecule has 1 aliphatic rings. The molecule has 8 heteroatoms. The van der Waals surface area contributed by atoms with E-state index in [1.54, 1.807) is 48.6 Å². The Hall–Kier alpha value is -2.38. The zero-order chi connectivity index (χ0) is 17.4. The van der Waals surface area contributed by atoms with Crippen LogP contribution in [0.5, 0.6) is 0 Å². The summed E-state index contributed by atoms with van der Waals surface area (Å²) >= 11 is 6.01. The molecule has 4 heterocycles. The summed E-state index contributed by atoms with van der Waals surface area (Å²) in [6, 6.07) is 3.56. The van der Waals surface area contributed by atoms with Crippen LogP contribution in [0.1, 0.15) is 16.2 Å². The van der Waals surface area contributed by atoms with Gasteiger partial charge in [0, 0.05) is 44.7 Å². The molecule has 25 heavy (non-hydrogen) atoms. The summed E-state index contributed by atoms with van der Waals surface area (Å²) in [5.41, 5.74) is 2.12. The molecular formula is C17H18ClN5O2. The maximum atomic E-state index is 13.0. The molecule has 1 atom stereocenters. The lowest BCUT2D eigenvalue weighted by Crippen LogP contribution is -2.35. The Kier molecular flexibility index (Phi) is 4.19. The van der Waals surface area contributed by atoms with Gasteiger partial charge in [-0.2, -0.15) is 0 Å². The number of aromatic nitrogens is 4. The lowest BCUT2D eigenvalue weighted by atomic mass is 10.1.